The second-order valence-electron chi connectivity index (χ2n) is 4.78. The van der Waals surface area contributed by atoms with Crippen molar-refractivity contribution in [3.8, 4) is 11.8 Å². The van der Waals surface area contributed by atoms with Crippen molar-refractivity contribution in [3.63, 3.8) is 0 Å². The van der Waals surface area contributed by atoms with Gasteiger partial charge >= 0.3 is 6.09 Å². The topological polar surface area (TPSA) is 38.3 Å². The minimum Gasteiger partial charge on any atom is -0.445 e. The van der Waals surface area contributed by atoms with Crippen LogP contribution in [0.25, 0.3) is 0 Å². The van der Waals surface area contributed by atoms with Crippen LogP contribution in [0, 0.1) is 17.7 Å². The second-order valence-corrected chi connectivity index (χ2v) is 5.60. The molecule has 0 spiro atoms. The number of hydrogen-bond donors (Lipinski definition) is 1. The molecule has 0 aliphatic carbocycles. The number of amides is 1. The summed E-state index contributed by atoms with van der Waals surface area (Å²) in [6.45, 7) is 0.524. The molecule has 2 aromatic rings. The fraction of sp³-hybridized carbons (Fsp3) is 0.167. The van der Waals surface area contributed by atoms with Gasteiger partial charge in [-0.05, 0) is 17.7 Å². The van der Waals surface area contributed by atoms with Crippen molar-refractivity contribution in [2.75, 3.05) is 6.54 Å². The van der Waals surface area contributed by atoms with E-state index in [1.54, 1.807) is 0 Å². The third-order valence-corrected chi connectivity index (χ3v) is 3.55. The summed E-state index contributed by atoms with van der Waals surface area (Å²) >= 11 is 11.8. The number of rotatable bonds is 4. The summed E-state index contributed by atoms with van der Waals surface area (Å²) in [7, 11) is 0. The molecule has 0 saturated heterocycles. The van der Waals surface area contributed by atoms with Crippen molar-refractivity contribution >= 4 is 29.3 Å². The summed E-state index contributed by atoms with van der Waals surface area (Å²) in [6, 6.07) is 11.7. The molecule has 0 heterocycles. The number of carbonyl (C=O) groups is 1. The van der Waals surface area contributed by atoms with Crippen molar-refractivity contribution in [1.29, 1.82) is 0 Å². The Morgan fingerprint density at radius 1 is 1.17 bits per heavy atom. The van der Waals surface area contributed by atoms with Crippen LogP contribution < -0.4 is 5.32 Å². The van der Waals surface area contributed by atoms with Crippen molar-refractivity contribution in [2.24, 2.45) is 0 Å². The largest absolute Gasteiger partial charge is 0.445 e. The lowest BCUT2D eigenvalue weighted by Gasteiger charge is -2.05. The normalized spacial score (nSPS) is 9.79. The predicted octanol–water partition coefficient (Wildman–Crippen LogP) is 4.80. The standard InChI is InChI=1S/C18H14Cl2FNO2/c19-16-10-14(21)11-17(20)15(16)8-4-5-9-22-18(23)24-12-13-6-2-1-3-7-13/h1-3,6-7,10-11H,5,9,12H2,(H,22,23). The Balaban J connectivity index is 1.74. The second kappa shape index (κ2) is 9.17. The van der Waals surface area contributed by atoms with Gasteiger partial charge in [0.2, 0.25) is 0 Å². The quantitative estimate of drug-likeness (QED) is 0.624. The van der Waals surface area contributed by atoms with E-state index in [0.29, 0.717) is 18.5 Å². The molecular formula is C18H14Cl2FNO2. The molecule has 124 valence electrons. The molecule has 2 aromatic carbocycles. The number of nitrogens with one attached hydrogen (secondary N) is 1. The molecular weight excluding hydrogens is 352 g/mol. The Bertz CT molecular complexity index is 747. The van der Waals surface area contributed by atoms with Gasteiger partial charge in [0.1, 0.15) is 12.4 Å². The lowest BCUT2D eigenvalue weighted by molar-refractivity contribution is 0.140. The molecule has 0 aliphatic heterocycles. The molecule has 6 heteroatoms. The number of halogens is 3. The van der Waals surface area contributed by atoms with E-state index in [-0.39, 0.29) is 16.7 Å². The maximum absolute atomic E-state index is 13.1. The first-order chi connectivity index (χ1) is 11.6. The molecule has 0 atom stereocenters. The van der Waals surface area contributed by atoms with Crippen molar-refractivity contribution in [3.05, 3.63) is 69.5 Å². The van der Waals surface area contributed by atoms with Gasteiger partial charge in [0, 0.05) is 13.0 Å². The van der Waals surface area contributed by atoms with E-state index < -0.39 is 11.9 Å². The Hall–Kier alpha value is -2.22. The van der Waals surface area contributed by atoms with Crippen molar-refractivity contribution < 1.29 is 13.9 Å². The maximum Gasteiger partial charge on any atom is 0.407 e. The third-order valence-electron chi connectivity index (χ3n) is 2.95. The molecule has 2 rings (SSSR count). The Morgan fingerprint density at radius 2 is 1.83 bits per heavy atom. The molecule has 0 radical (unpaired) electrons. The number of benzene rings is 2. The molecule has 24 heavy (non-hydrogen) atoms. The van der Waals surface area contributed by atoms with E-state index in [1.165, 1.54) is 0 Å². The van der Waals surface area contributed by atoms with Gasteiger partial charge < -0.3 is 10.1 Å². The highest BCUT2D eigenvalue weighted by Crippen LogP contribution is 2.24. The van der Waals surface area contributed by atoms with Crippen LogP contribution in [0.5, 0.6) is 0 Å². The molecule has 0 unspecified atom stereocenters. The van der Waals surface area contributed by atoms with Gasteiger partial charge in [-0.2, -0.15) is 0 Å². The number of alkyl carbamates (subject to hydrolysis) is 1. The average molecular weight is 366 g/mol. The van der Waals surface area contributed by atoms with Crippen LogP contribution in [0.1, 0.15) is 17.5 Å². The Morgan fingerprint density at radius 3 is 2.50 bits per heavy atom. The molecule has 0 bridgehead atoms. The molecule has 1 amide bonds. The number of ether oxygens (including phenoxy) is 1. The van der Waals surface area contributed by atoms with Gasteiger partial charge in [-0.3, -0.25) is 0 Å². The van der Waals surface area contributed by atoms with Crippen LogP contribution in [0.3, 0.4) is 0 Å². The number of hydrogen-bond acceptors (Lipinski definition) is 2. The van der Waals surface area contributed by atoms with Crippen molar-refractivity contribution in [2.45, 2.75) is 13.0 Å². The Kier molecular flexibility index (Phi) is 6.92. The summed E-state index contributed by atoms with van der Waals surface area (Å²) < 4.78 is 18.1. The van der Waals surface area contributed by atoms with E-state index in [4.69, 9.17) is 27.9 Å². The minimum atomic E-state index is -0.515. The van der Waals surface area contributed by atoms with Crippen molar-refractivity contribution in [1.82, 2.24) is 5.32 Å². The number of carbonyl (C=O) groups excluding carboxylic acids is 1. The fourth-order valence-electron chi connectivity index (χ4n) is 1.81. The fourth-order valence-corrected chi connectivity index (χ4v) is 2.37. The summed E-state index contributed by atoms with van der Waals surface area (Å²) in [5, 5.41) is 2.90. The first-order valence-electron chi connectivity index (χ1n) is 7.14. The van der Waals surface area contributed by atoms with Gasteiger partial charge in [-0.1, -0.05) is 65.4 Å². The summed E-state index contributed by atoms with van der Waals surface area (Å²) in [6.07, 6.45) is -0.136. The zero-order valence-electron chi connectivity index (χ0n) is 12.6. The van der Waals surface area contributed by atoms with Gasteiger partial charge in [-0.15, -0.1) is 0 Å². The van der Waals surface area contributed by atoms with Crippen LogP contribution >= 0.6 is 23.2 Å². The smallest absolute Gasteiger partial charge is 0.407 e. The zero-order valence-corrected chi connectivity index (χ0v) is 14.1. The lowest BCUT2D eigenvalue weighted by Crippen LogP contribution is -2.24. The monoisotopic (exact) mass is 365 g/mol. The van der Waals surface area contributed by atoms with E-state index in [2.05, 4.69) is 17.2 Å². The highest BCUT2D eigenvalue weighted by molar-refractivity contribution is 6.36. The summed E-state index contributed by atoms with van der Waals surface area (Å²) in [5.41, 5.74) is 1.28. The summed E-state index contributed by atoms with van der Waals surface area (Å²) in [4.78, 5) is 11.5. The summed E-state index contributed by atoms with van der Waals surface area (Å²) in [5.74, 6) is 5.07. The first kappa shape index (κ1) is 18.1. The van der Waals surface area contributed by atoms with E-state index in [0.717, 1.165) is 17.7 Å². The lowest BCUT2D eigenvalue weighted by atomic mass is 10.2. The van der Waals surface area contributed by atoms with Crippen LogP contribution in [-0.4, -0.2) is 12.6 Å². The molecule has 0 fully saturated rings. The van der Waals surface area contributed by atoms with Crippen LogP contribution in [0.4, 0.5) is 9.18 Å². The zero-order chi connectivity index (χ0) is 17.4. The molecule has 0 aromatic heterocycles. The van der Waals surface area contributed by atoms with Crippen LogP contribution in [0.2, 0.25) is 10.0 Å². The van der Waals surface area contributed by atoms with Crippen LogP contribution in [-0.2, 0) is 11.3 Å². The van der Waals surface area contributed by atoms with Crippen LogP contribution in [0.15, 0.2) is 42.5 Å². The van der Waals surface area contributed by atoms with E-state index in [9.17, 15) is 9.18 Å². The van der Waals surface area contributed by atoms with E-state index in [1.807, 2.05) is 30.3 Å². The molecule has 0 saturated carbocycles. The molecule has 0 aliphatic rings. The SMILES string of the molecule is O=C(NCCC#Cc1c(Cl)cc(F)cc1Cl)OCc1ccccc1. The average Bonchev–Trinajstić information content (AvgIpc) is 2.55. The van der Waals surface area contributed by atoms with Gasteiger partial charge in [0.15, 0.2) is 0 Å². The highest BCUT2D eigenvalue weighted by atomic mass is 35.5. The first-order valence-corrected chi connectivity index (χ1v) is 7.90. The van der Waals surface area contributed by atoms with Gasteiger partial charge in [-0.25, -0.2) is 9.18 Å². The molecule has 1 N–H and O–H groups in total. The highest BCUT2D eigenvalue weighted by Gasteiger charge is 2.05. The Labute approximate surface area is 149 Å². The van der Waals surface area contributed by atoms with Gasteiger partial charge in [0.25, 0.3) is 0 Å². The maximum atomic E-state index is 13.1. The third kappa shape index (κ3) is 5.77. The van der Waals surface area contributed by atoms with E-state index >= 15 is 0 Å². The minimum absolute atomic E-state index is 0.155. The predicted molar refractivity (Wildman–Crippen MR) is 92.5 cm³/mol. The van der Waals surface area contributed by atoms with Gasteiger partial charge in [0.05, 0.1) is 15.6 Å². The molecule has 3 nitrogen and oxygen atoms in total.